The zero-order valence-corrected chi connectivity index (χ0v) is 11.6. The largest absolute Gasteiger partial charge is 0.351 e. The van der Waals surface area contributed by atoms with Gasteiger partial charge < -0.3 is 11.1 Å². The lowest BCUT2D eigenvalue weighted by Gasteiger charge is -2.19. The Labute approximate surface area is 118 Å². The molecule has 1 aromatic heterocycles. The Morgan fingerprint density at radius 3 is 2.70 bits per heavy atom. The second-order valence-electron chi connectivity index (χ2n) is 4.84. The minimum absolute atomic E-state index is 0.000150. The third kappa shape index (κ3) is 3.68. The average molecular weight is 272 g/mol. The third-order valence-electron chi connectivity index (χ3n) is 3.16. The van der Waals surface area contributed by atoms with Gasteiger partial charge in [-0.05, 0) is 18.6 Å². The van der Waals surface area contributed by atoms with Crippen molar-refractivity contribution in [3.8, 4) is 0 Å². The van der Waals surface area contributed by atoms with Crippen LogP contribution in [0.25, 0.3) is 0 Å². The fourth-order valence-electron chi connectivity index (χ4n) is 2.16. The fourth-order valence-corrected chi connectivity index (χ4v) is 2.16. The highest BCUT2D eigenvalue weighted by atomic mass is 16.2. The van der Waals surface area contributed by atoms with Crippen molar-refractivity contribution in [3.05, 3.63) is 54.4 Å². The first-order valence-electron chi connectivity index (χ1n) is 6.73. The predicted molar refractivity (Wildman–Crippen MR) is 78.1 cm³/mol. The summed E-state index contributed by atoms with van der Waals surface area (Å²) >= 11 is 0. The van der Waals surface area contributed by atoms with E-state index in [4.69, 9.17) is 5.73 Å². The summed E-state index contributed by atoms with van der Waals surface area (Å²) in [7, 11) is 0. The molecule has 2 unspecified atom stereocenters. The Morgan fingerprint density at radius 1 is 1.35 bits per heavy atom. The molecule has 1 heterocycles. The zero-order valence-electron chi connectivity index (χ0n) is 11.6. The molecule has 0 aliphatic heterocycles. The topological polar surface area (TPSA) is 72.9 Å². The summed E-state index contributed by atoms with van der Waals surface area (Å²) in [6.07, 6.45) is 3.60. The summed E-state index contributed by atoms with van der Waals surface area (Å²) in [5.41, 5.74) is 6.68. The highest BCUT2D eigenvalue weighted by Gasteiger charge is 2.20. The summed E-state index contributed by atoms with van der Waals surface area (Å²) in [4.78, 5) is 12.3. The van der Waals surface area contributed by atoms with Gasteiger partial charge in [0.05, 0.1) is 12.5 Å². The molecule has 0 fully saturated rings. The normalized spacial score (nSPS) is 13.7. The van der Waals surface area contributed by atoms with Crippen LogP contribution in [0.2, 0.25) is 0 Å². The smallest absolute Gasteiger partial charge is 0.229 e. The molecule has 106 valence electrons. The van der Waals surface area contributed by atoms with E-state index in [1.165, 1.54) is 0 Å². The molecule has 3 N–H and O–H groups in total. The lowest BCUT2D eigenvalue weighted by atomic mass is 9.98. The van der Waals surface area contributed by atoms with E-state index in [1.54, 1.807) is 10.9 Å². The molecule has 5 heteroatoms. The molecule has 2 rings (SSSR count). The molecule has 2 aromatic rings. The van der Waals surface area contributed by atoms with Crippen molar-refractivity contribution in [2.45, 2.75) is 25.4 Å². The summed E-state index contributed by atoms with van der Waals surface area (Å²) in [5, 5.41) is 7.12. The Morgan fingerprint density at radius 2 is 2.10 bits per heavy atom. The molecule has 2 atom stereocenters. The van der Waals surface area contributed by atoms with Crippen LogP contribution in [0, 0.1) is 0 Å². The van der Waals surface area contributed by atoms with Crippen LogP contribution in [0.3, 0.4) is 0 Å². The van der Waals surface area contributed by atoms with Gasteiger partial charge in [-0.15, -0.1) is 0 Å². The molecule has 1 aromatic carbocycles. The maximum absolute atomic E-state index is 12.3. The van der Waals surface area contributed by atoms with Crippen molar-refractivity contribution < 1.29 is 4.79 Å². The molecule has 5 nitrogen and oxygen atoms in total. The Balaban J connectivity index is 1.95. The molecule has 0 aliphatic carbocycles. The SMILES string of the molecule is CC(Cn1cccn1)NC(=O)C(CN)c1ccccc1. The van der Waals surface area contributed by atoms with Gasteiger partial charge in [-0.2, -0.15) is 5.10 Å². The van der Waals surface area contributed by atoms with Crippen LogP contribution in [0.15, 0.2) is 48.8 Å². The Kier molecular flexibility index (Phi) is 4.90. The van der Waals surface area contributed by atoms with Gasteiger partial charge in [0.2, 0.25) is 5.91 Å². The Bertz CT molecular complexity index is 524. The average Bonchev–Trinajstić information content (AvgIpc) is 2.93. The summed E-state index contributed by atoms with van der Waals surface area (Å²) in [6, 6.07) is 11.5. The number of amides is 1. The van der Waals surface area contributed by atoms with Crippen LogP contribution >= 0.6 is 0 Å². The van der Waals surface area contributed by atoms with Crippen molar-refractivity contribution in [1.82, 2.24) is 15.1 Å². The third-order valence-corrected chi connectivity index (χ3v) is 3.16. The maximum Gasteiger partial charge on any atom is 0.229 e. The van der Waals surface area contributed by atoms with E-state index >= 15 is 0 Å². The lowest BCUT2D eigenvalue weighted by molar-refractivity contribution is -0.123. The van der Waals surface area contributed by atoms with Crippen LogP contribution in [-0.2, 0) is 11.3 Å². The van der Waals surface area contributed by atoms with Crippen molar-refractivity contribution in [2.24, 2.45) is 5.73 Å². The van der Waals surface area contributed by atoms with Crippen molar-refractivity contribution in [1.29, 1.82) is 0 Å². The van der Waals surface area contributed by atoms with E-state index in [2.05, 4.69) is 10.4 Å². The predicted octanol–water partition coefficient (Wildman–Crippen LogP) is 1.13. The van der Waals surface area contributed by atoms with Gasteiger partial charge in [-0.3, -0.25) is 9.48 Å². The van der Waals surface area contributed by atoms with Crippen LogP contribution < -0.4 is 11.1 Å². The molecule has 20 heavy (non-hydrogen) atoms. The summed E-state index contributed by atoms with van der Waals surface area (Å²) < 4.78 is 1.80. The molecule has 0 radical (unpaired) electrons. The summed E-state index contributed by atoms with van der Waals surface area (Å²) in [5.74, 6) is -0.352. The molecule has 0 saturated carbocycles. The van der Waals surface area contributed by atoms with Gasteiger partial charge in [0.15, 0.2) is 0 Å². The number of hydrogen-bond donors (Lipinski definition) is 2. The van der Waals surface area contributed by atoms with Crippen LogP contribution in [-0.4, -0.2) is 28.3 Å². The van der Waals surface area contributed by atoms with E-state index < -0.39 is 0 Å². The van der Waals surface area contributed by atoms with Crippen LogP contribution in [0.4, 0.5) is 0 Å². The number of rotatable bonds is 6. The number of nitrogens with one attached hydrogen (secondary N) is 1. The highest BCUT2D eigenvalue weighted by Crippen LogP contribution is 2.14. The fraction of sp³-hybridized carbons (Fsp3) is 0.333. The second kappa shape index (κ2) is 6.86. The van der Waals surface area contributed by atoms with Gasteiger partial charge in [0.25, 0.3) is 0 Å². The first-order chi connectivity index (χ1) is 9.70. The number of nitrogens with two attached hydrogens (primary N) is 1. The van der Waals surface area contributed by atoms with E-state index in [0.29, 0.717) is 13.1 Å². The molecule has 0 aliphatic rings. The van der Waals surface area contributed by atoms with Gasteiger partial charge in [0.1, 0.15) is 0 Å². The van der Waals surface area contributed by atoms with Crippen molar-refractivity contribution >= 4 is 5.91 Å². The van der Waals surface area contributed by atoms with Gasteiger partial charge in [-0.1, -0.05) is 30.3 Å². The minimum Gasteiger partial charge on any atom is -0.351 e. The van der Waals surface area contributed by atoms with Crippen LogP contribution in [0.1, 0.15) is 18.4 Å². The van der Waals surface area contributed by atoms with Crippen molar-refractivity contribution in [2.75, 3.05) is 6.54 Å². The molecule has 0 saturated heterocycles. The number of carbonyl (C=O) groups excluding carboxylic acids is 1. The minimum atomic E-state index is -0.309. The number of aromatic nitrogens is 2. The first kappa shape index (κ1) is 14.3. The molecule has 0 bridgehead atoms. The molecule has 0 spiro atoms. The van der Waals surface area contributed by atoms with Crippen molar-refractivity contribution in [3.63, 3.8) is 0 Å². The highest BCUT2D eigenvalue weighted by molar-refractivity contribution is 5.84. The lowest BCUT2D eigenvalue weighted by Crippen LogP contribution is -2.40. The van der Waals surface area contributed by atoms with E-state index in [1.807, 2.05) is 49.5 Å². The van der Waals surface area contributed by atoms with E-state index in [0.717, 1.165) is 5.56 Å². The monoisotopic (exact) mass is 272 g/mol. The number of nitrogens with zero attached hydrogens (tertiary/aromatic N) is 2. The second-order valence-corrected chi connectivity index (χ2v) is 4.84. The first-order valence-corrected chi connectivity index (χ1v) is 6.73. The number of benzene rings is 1. The number of carbonyl (C=O) groups is 1. The van der Waals surface area contributed by atoms with E-state index in [-0.39, 0.29) is 17.9 Å². The van der Waals surface area contributed by atoms with Gasteiger partial charge >= 0.3 is 0 Å². The summed E-state index contributed by atoms with van der Waals surface area (Å²) in [6.45, 7) is 2.90. The van der Waals surface area contributed by atoms with Gasteiger partial charge in [0, 0.05) is 25.0 Å². The quantitative estimate of drug-likeness (QED) is 0.828. The van der Waals surface area contributed by atoms with E-state index in [9.17, 15) is 4.79 Å². The van der Waals surface area contributed by atoms with Crippen LogP contribution in [0.5, 0.6) is 0 Å². The maximum atomic E-state index is 12.3. The standard InChI is InChI=1S/C15H20N4O/c1-12(11-19-9-5-8-17-19)18-15(20)14(10-16)13-6-3-2-4-7-13/h2-9,12,14H,10-11,16H2,1H3,(H,18,20). The molecular weight excluding hydrogens is 252 g/mol. The zero-order chi connectivity index (χ0) is 14.4. The molecular formula is C15H20N4O. The Hall–Kier alpha value is -2.14. The number of hydrogen-bond acceptors (Lipinski definition) is 3. The van der Waals surface area contributed by atoms with Gasteiger partial charge in [-0.25, -0.2) is 0 Å². The molecule has 1 amide bonds.